The number of carbonyl (C=O) groups excluding carboxylic acids is 2. The molecule has 0 aliphatic heterocycles. The SMILES string of the molecule is CC[C@H](NC(=O)Cc1cc(OC)c(OC)cc1C(C)=O)c1ncccc1C. The highest BCUT2D eigenvalue weighted by molar-refractivity contribution is 5.97. The second-order valence-electron chi connectivity index (χ2n) is 6.33. The van der Waals surface area contributed by atoms with Gasteiger partial charge in [-0.1, -0.05) is 13.0 Å². The number of amides is 1. The first-order chi connectivity index (χ1) is 12.9. The number of nitrogens with zero attached hydrogens (tertiary/aromatic N) is 1. The third kappa shape index (κ3) is 4.84. The highest BCUT2D eigenvalue weighted by Gasteiger charge is 2.20. The monoisotopic (exact) mass is 370 g/mol. The molecule has 1 amide bonds. The molecule has 0 spiro atoms. The molecule has 27 heavy (non-hydrogen) atoms. The van der Waals surface area contributed by atoms with E-state index in [-0.39, 0.29) is 24.2 Å². The topological polar surface area (TPSA) is 77.5 Å². The third-order valence-electron chi connectivity index (χ3n) is 4.46. The molecule has 2 rings (SSSR count). The van der Waals surface area contributed by atoms with Crippen LogP contribution in [0.3, 0.4) is 0 Å². The Kier molecular flexibility index (Phi) is 6.93. The Balaban J connectivity index is 2.26. The van der Waals surface area contributed by atoms with Crippen LogP contribution in [0.15, 0.2) is 30.5 Å². The molecule has 2 aromatic rings. The smallest absolute Gasteiger partial charge is 0.224 e. The van der Waals surface area contributed by atoms with Gasteiger partial charge in [0.2, 0.25) is 5.91 Å². The summed E-state index contributed by atoms with van der Waals surface area (Å²) in [7, 11) is 3.03. The van der Waals surface area contributed by atoms with E-state index in [2.05, 4.69) is 10.3 Å². The molecule has 0 radical (unpaired) electrons. The van der Waals surface area contributed by atoms with Gasteiger partial charge >= 0.3 is 0 Å². The summed E-state index contributed by atoms with van der Waals surface area (Å²) in [5.74, 6) is 0.633. The minimum absolute atomic E-state index is 0.0671. The van der Waals surface area contributed by atoms with E-state index in [1.54, 1.807) is 18.3 Å². The molecule has 1 atom stereocenters. The van der Waals surface area contributed by atoms with Gasteiger partial charge in [-0.25, -0.2) is 0 Å². The number of ketones is 1. The lowest BCUT2D eigenvalue weighted by atomic mass is 9.99. The third-order valence-corrected chi connectivity index (χ3v) is 4.46. The second-order valence-corrected chi connectivity index (χ2v) is 6.33. The van der Waals surface area contributed by atoms with Crippen molar-refractivity contribution in [1.82, 2.24) is 10.3 Å². The van der Waals surface area contributed by atoms with Gasteiger partial charge in [0, 0.05) is 11.8 Å². The summed E-state index contributed by atoms with van der Waals surface area (Å²) in [6.07, 6.45) is 2.51. The molecule has 0 unspecified atom stereocenters. The lowest BCUT2D eigenvalue weighted by molar-refractivity contribution is -0.121. The Morgan fingerprint density at radius 3 is 2.41 bits per heavy atom. The summed E-state index contributed by atoms with van der Waals surface area (Å²) < 4.78 is 10.6. The zero-order valence-corrected chi connectivity index (χ0v) is 16.5. The Morgan fingerprint density at radius 2 is 1.85 bits per heavy atom. The first-order valence-corrected chi connectivity index (χ1v) is 8.87. The average Bonchev–Trinajstić information content (AvgIpc) is 2.66. The zero-order chi connectivity index (χ0) is 20.0. The van der Waals surface area contributed by atoms with Crippen LogP contribution in [0.4, 0.5) is 0 Å². The quantitative estimate of drug-likeness (QED) is 0.721. The van der Waals surface area contributed by atoms with Crippen LogP contribution in [0.1, 0.15) is 53.5 Å². The summed E-state index contributed by atoms with van der Waals surface area (Å²) in [6, 6.07) is 6.96. The fourth-order valence-electron chi connectivity index (χ4n) is 3.04. The van der Waals surface area contributed by atoms with Crippen molar-refractivity contribution in [2.75, 3.05) is 14.2 Å². The van der Waals surface area contributed by atoms with Crippen LogP contribution in [0, 0.1) is 6.92 Å². The molecule has 0 bridgehead atoms. The van der Waals surface area contributed by atoms with E-state index in [1.165, 1.54) is 21.1 Å². The predicted octanol–water partition coefficient (Wildman–Crippen LogP) is 3.42. The Bertz CT molecular complexity index is 833. The molecule has 1 N–H and O–H groups in total. The maximum Gasteiger partial charge on any atom is 0.224 e. The van der Waals surface area contributed by atoms with Crippen LogP contribution in [0.2, 0.25) is 0 Å². The summed E-state index contributed by atoms with van der Waals surface area (Å²) in [6.45, 7) is 5.44. The lowest BCUT2D eigenvalue weighted by Gasteiger charge is -2.19. The molecule has 0 saturated heterocycles. The summed E-state index contributed by atoms with van der Waals surface area (Å²) in [5, 5.41) is 3.02. The van der Waals surface area contributed by atoms with E-state index >= 15 is 0 Å². The average molecular weight is 370 g/mol. The first kappa shape index (κ1) is 20.4. The Hall–Kier alpha value is -2.89. The van der Waals surface area contributed by atoms with Gasteiger partial charge in [0.15, 0.2) is 17.3 Å². The molecule has 144 valence electrons. The van der Waals surface area contributed by atoms with Gasteiger partial charge in [-0.15, -0.1) is 0 Å². The Morgan fingerprint density at radius 1 is 1.19 bits per heavy atom. The largest absolute Gasteiger partial charge is 0.493 e. The van der Waals surface area contributed by atoms with Crippen LogP contribution < -0.4 is 14.8 Å². The number of ether oxygens (including phenoxy) is 2. The van der Waals surface area contributed by atoms with Crippen LogP contribution in [0.5, 0.6) is 11.5 Å². The molecule has 1 aromatic carbocycles. The molecule has 6 heteroatoms. The zero-order valence-electron chi connectivity index (χ0n) is 16.5. The summed E-state index contributed by atoms with van der Waals surface area (Å²) in [4.78, 5) is 29.1. The molecule has 0 saturated carbocycles. The van der Waals surface area contributed by atoms with Gasteiger partial charge < -0.3 is 14.8 Å². The second kappa shape index (κ2) is 9.16. The van der Waals surface area contributed by atoms with E-state index < -0.39 is 0 Å². The highest BCUT2D eigenvalue weighted by atomic mass is 16.5. The van der Waals surface area contributed by atoms with Gasteiger partial charge in [0.1, 0.15) is 0 Å². The number of pyridine rings is 1. The van der Waals surface area contributed by atoms with E-state index in [9.17, 15) is 9.59 Å². The van der Waals surface area contributed by atoms with Crippen LogP contribution in [0.25, 0.3) is 0 Å². The van der Waals surface area contributed by atoms with Crippen molar-refractivity contribution in [2.45, 2.75) is 39.7 Å². The highest BCUT2D eigenvalue weighted by Crippen LogP contribution is 2.31. The minimum Gasteiger partial charge on any atom is -0.493 e. The molecule has 6 nitrogen and oxygen atoms in total. The number of methoxy groups -OCH3 is 2. The normalized spacial score (nSPS) is 11.6. The number of aromatic nitrogens is 1. The van der Waals surface area contributed by atoms with Crippen LogP contribution >= 0.6 is 0 Å². The number of nitrogens with one attached hydrogen (secondary N) is 1. The number of carbonyl (C=O) groups is 2. The molecule has 1 aromatic heterocycles. The van der Waals surface area contributed by atoms with Crippen LogP contribution in [-0.2, 0) is 11.2 Å². The van der Waals surface area contributed by atoms with Crippen molar-refractivity contribution < 1.29 is 19.1 Å². The molecule has 1 heterocycles. The van der Waals surface area contributed by atoms with Crippen LogP contribution in [-0.4, -0.2) is 30.9 Å². The van der Waals surface area contributed by atoms with E-state index in [1.807, 2.05) is 26.0 Å². The van der Waals surface area contributed by atoms with Gasteiger partial charge in [-0.3, -0.25) is 14.6 Å². The standard InChI is InChI=1S/C21H26N2O4/c1-6-17(21-13(2)8-7-9-22-21)23-20(25)11-15-10-18(26-4)19(27-5)12-16(15)14(3)24/h7-10,12,17H,6,11H2,1-5H3,(H,23,25)/t17-/m0/s1. The number of benzene rings is 1. The maximum absolute atomic E-state index is 12.7. The summed E-state index contributed by atoms with van der Waals surface area (Å²) >= 11 is 0. The molecular weight excluding hydrogens is 344 g/mol. The number of Topliss-reactive ketones (excluding diaryl/α,β-unsaturated/α-hetero) is 1. The van der Waals surface area contributed by atoms with Crippen molar-refractivity contribution in [3.8, 4) is 11.5 Å². The van der Waals surface area contributed by atoms with Gasteiger partial charge in [-0.2, -0.15) is 0 Å². The Labute approximate surface area is 159 Å². The van der Waals surface area contributed by atoms with Gasteiger partial charge in [0.05, 0.1) is 32.4 Å². The number of aryl methyl sites for hydroxylation is 1. The summed E-state index contributed by atoms with van der Waals surface area (Å²) in [5.41, 5.74) is 2.93. The number of hydrogen-bond acceptors (Lipinski definition) is 5. The molecular formula is C21H26N2O4. The van der Waals surface area contributed by atoms with E-state index in [0.29, 0.717) is 22.6 Å². The van der Waals surface area contributed by atoms with Gasteiger partial charge in [-0.05, 0) is 49.6 Å². The fraction of sp³-hybridized carbons (Fsp3) is 0.381. The van der Waals surface area contributed by atoms with Crippen molar-refractivity contribution in [2.24, 2.45) is 0 Å². The van der Waals surface area contributed by atoms with Crippen molar-refractivity contribution in [1.29, 1.82) is 0 Å². The number of rotatable bonds is 8. The first-order valence-electron chi connectivity index (χ1n) is 8.87. The maximum atomic E-state index is 12.7. The van der Waals surface area contributed by atoms with Crippen molar-refractivity contribution in [3.05, 3.63) is 52.8 Å². The van der Waals surface area contributed by atoms with E-state index in [4.69, 9.17) is 9.47 Å². The lowest BCUT2D eigenvalue weighted by Crippen LogP contribution is -2.31. The molecule has 0 fully saturated rings. The van der Waals surface area contributed by atoms with Gasteiger partial charge in [0.25, 0.3) is 0 Å². The van der Waals surface area contributed by atoms with E-state index in [0.717, 1.165) is 17.7 Å². The predicted molar refractivity (Wildman–Crippen MR) is 103 cm³/mol. The van der Waals surface area contributed by atoms with Crippen molar-refractivity contribution in [3.63, 3.8) is 0 Å². The molecule has 0 aliphatic rings. The van der Waals surface area contributed by atoms with Crippen molar-refractivity contribution >= 4 is 11.7 Å². The number of hydrogen-bond donors (Lipinski definition) is 1. The molecule has 0 aliphatic carbocycles. The minimum atomic E-state index is -0.181. The fourth-order valence-corrected chi connectivity index (χ4v) is 3.04.